The van der Waals surface area contributed by atoms with Crippen molar-refractivity contribution in [2.45, 2.75) is 25.6 Å². The molecule has 166 valence electrons. The minimum atomic E-state index is -0.613. The van der Waals surface area contributed by atoms with Gasteiger partial charge in [0, 0.05) is 44.4 Å². The van der Waals surface area contributed by atoms with Crippen LogP contribution in [0.5, 0.6) is 5.88 Å². The van der Waals surface area contributed by atoms with Crippen molar-refractivity contribution < 1.29 is 19.1 Å². The number of likely N-dealkylation sites (tertiary alicyclic amines) is 1. The van der Waals surface area contributed by atoms with Gasteiger partial charge < -0.3 is 19.7 Å². The maximum absolute atomic E-state index is 12.4. The van der Waals surface area contributed by atoms with Gasteiger partial charge in [0.1, 0.15) is 19.3 Å². The first kappa shape index (κ1) is 21.3. The molecule has 2 amide bonds. The van der Waals surface area contributed by atoms with Gasteiger partial charge in [-0.3, -0.25) is 4.79 Å². The van der Waals surface area contributed by atoms with E-state index >= 15 is 0 Å². The van der Waals surface area contributed by atoms with Gasteiger partial charge in [0.25, 0.3) is 0 Å². The van der Waals surface area contributed by atoms with Crippen molar-refractivity contribution in [3.8, 4) is 11.7 Å². The monoisotopic (exact) mass is 436 g/mol. The Morgan fingerprint density at radius 2 is 1.84 bits per heavy atom. The summed E-state index contributed by atoms with van der Waals surface area (Å²) in [5.41, 5.74) is 0.886. The van der Waals surface area contributed by atoms with E-state index < -0.39 is 6.09 Å². The van der Waals surface area contributed by atoms with Crippen LogP contribution in [0, 0.1) is 0 Å². The lowest BCUT2D eigenvalue weighted by molar-refractivity contribution is -0.131. The number of hydrogen-bond acceptors (Lipinski definition) is 7. The van der Waals surface area contributed by atoms with Crippen molar-refractivity contribution >= 4 is 12.0 Å². The summed E-state index contributed by atoms with van der Waals surface area (Å²) in [6.07, 6.45) is 4.14. The average molecular weight is 436 g/mol. The molecule has 0 saturated carbocycles. The number of nitrogens with zero attached hydrogens (tertiary/aromatic N) is 5. The van der Waals surface area contributed by atoms with Crippen LogP contribution in [-0.4, -0.2) is 62.6 Å². The number of ether oxygens (including phenoxy) is 2. The highest BCUT2D eigenvalue weighted by Crippen LogP contribution is 2.17. The molecule has 0 spiro atoms. The van der Waals surface area contributed by atoms with E-state index in [0.29, 0.717) is 37.6 Å². The molecule has 1 aliphatic rings. The minimum Gasteiger partial charge on any atom is -0.473 e. The molecule has 1 N–H and O–H groups in total. The van der Waals surface area contributed by atoms with Crippen molar-refractivity contribution in [1.82, 2.24) is 30.2 Å². The molecule has 0 unspecified atom stereocenters. The standard InChI is InChI=1S/C22H24N6O4/c29-21(15-23-22(30)31-16-17-5-2-1-3-6-17)27-13-9-18(10-14-27)32-20-8-7-19(25-26-20)28-12-4-11-24-28/h1-8,11-12,18H,9-10,13-16H2,(H,23,30). The highest BCUT2D eigenvalue weighted by Gasteiger charge is 2.24. The van der Waals surface area contributed by atoms with E-state index in [-0.39, 0.29) is 25.2 Å². The molecule has 32 heavy (non-hydrogen) atoms. The Morgan fingerprint density at radius 1 is 1.03 bits per heavy atom. The molecule has 10 heteroatoms. The van der Waals surface area contributed by atoms with Crippen molar-refractivity contribution in [2.24, 2.45) is 0 Å². The largest absolute Gasteiger partial charge is 0.473 e. The van der Waals surface area contributed by atoms with Crippen LogP contribution in [0.3, 0.4) is 0 Å². The highest BCUT2D eigenvalue weighted by atomic mass is 16.5. The number of nitrogens with one attached hydrogen (secondary N) is 1. The van der Waals surface area contributed by atoms with Crippen LogP contribution >= 0.6 is 0 Å². The van der Waals surface area contributed by atoms with E-state index in [1.54, 1.807) is 34.1 Å². The summed E-state index contributed by atoms with van der Waals surface area (Å²) >= 11 is 0. The fourth-order valence-electron chi connectivity index (χ4n) is 3.33. The Bertz CT molecular complexity index is 1000. The van der Waals surface area contributed by atoms with Gasteiger partial charge in [0.15, 0.2) is 5.82 Å². The van der Waals surface area contributed by atoms with Crippen molar-refractivity contribution in [3.05, 3.63) is 66.5 Å². The molecular formula is C22H24N6O4. The smallest absolute Gasteiger partial charge is 0.407 e. The number of amides is 2. The molecule has 3 aromatic rings. The van der Waals surface area contributed by atoms with Gasteiger partial charge in [-0.25, -0.2) is 9.48 Å². The van der Waals surface area contributed by atoms with Crippen LogP contribution in [0.25, 0.3) is 5.82 Å². The molecular weight excluding hydrogens is 412 g/mol. The second-order valence-corrected chi connectivity index (χ2v) is 7.29. The van der Waals surface area contributed by atoms with Crippen molar-refractivity contribution in [3.63, 3.8) is 0 Å². The average Bonchev–Trinajstić information content (AvgIpc) is 3.38. The van der Waals surface area contributed by atoms with Crippen molar-refractivity contribution in [1.29, 1.82) is 0 Å². The maximum Gasteiger partial charge on any atom is 0.407 e. The summed E-state index contributed by atoms with van der Waals surface area (Å²) in [5, 5.41) is 14.8. The first-order valence-electron chi connectivity index (χ1n) is 10.4. The van der Waals surface area contributed by atoms with Gasteiger partial charge >= 0.3 is 6.09 Å². The third-order valence-electron chi connectivity index (χ3n) is 5.04. The summed E-state index contributed by atoms with van der Waals surface area (Å²) in [5.74, 6) is 0.898. The lowest BCUT2D eigenvalue weighted by atomic mass is 10.1. The molecule has 2 aromatic heterocycles. The molecule has 0 atom stereocenters. The Kier molecular flexibility index (Phi) is 6.91. The van der Waals surface area contributed by atoms with Crippen molar-refractivity contribution in [2.75, 3.05) is 19.6 Å². The fraction of sp³-hybridized carbons (Fsp3) is 0.318. The third kappa shape index (κ3) is 5.81. The Morgan fingerprint density at radius 3 is 2.53 bits per heavy atom. The summed E-state index contributed by atoms with van der Waals surface area (Å²) in [7, 11) is 0. The van der Waals surface area contributed by atoms with E-state index in [0.717, 1.165) is 5.56 Å². The summed E-state index contributed by atoms with van der Waals surface area (Å²) in [6, 6.07) is 14.7. The second kappa shape index (κ2) is 10.4. The zero-order valence-corrected chi connectivity index (χ0v) is 17.5. The predicted molar refractivity (Wildman–Crippen MR) is 114 cm³/mol. The van der Waals surface area contributed by atoms with Gasteiger partial charge in [-0.05, 0) is 17.7 Å². The number of carbonyl (C=O) groups excluding carboxylic acids is 2. The molecule has 1 aromatic carbocycles. The van der Waals surface area contributed by atoms with Crippen LogP contribution in [0.4, 0.5) is 4.79 Å². The Balaban J connectivity index is 1.15. The van der Waals surface area contributed by atoms with E-state index in [1.807, 2.05) is 36.4 Å². The van der Waals surface area contributed by atoms with Crippen LogP contribution in [0.2, 0.25) is 0 Å². The van der Waals surface area contributed by atoms with Gasteiger partial charge in [-0.1, -0.05) is 30.3 Å². The Labute approximate surface area is 185 Å². The van der Waals surface area contributed by atoms with E-state index in [9.17, 15) is 9.59 Å². The molecule has 10 nitrogen and oxygen atoms in total. The van der Waals surface area contributed by atoms with Crippen LogP contribution in [-0.2, 0) is 16.1 Å². The SMILES string of the molecule is O=C(NCC(=O)N1CCC(Oc2ccc(-n3cccn3)nn2)CC1)OCc1ccccc1. The maximum atomic E-state index is 12.4. The summed E-state index contributed by atoms with van der Waals surface area (Å²) in [6.45, 7) is 1.15. The van der Waals surface area contributed by atoms with Crippen LogP contribution in [0.15, 0.2) is 60.9 Å². The molecule has 0 bridgehead atoms. The summed E-state index contributed by atoms with van der Waals surface area (Å²) in [4.78, 5) is 25.9. The first-order valence-corrected chi connectivity index (χ1v) is 10.4. The molecule has 1 fully saturated rings. The van der Waals surface area contributed by atoms with Gasteiger partial charge in [-0.2, -0.15) is 5.10 Å². The summed E-state index contributed by atoms with van der Waals surface area (Å²) < 4.78 is 12.6. The van der Waals surface area contributed by atoms with E-state index in [1.165, 1.54) is 0 Å². The lowest BCUT2D eigenvalue weighted by Crippen LogP contribution is -2.46. The quantitative estimate of drug-likeness (QED) is 0.603. The molecule has 1 saturated heterocycles. The minimum absolute atomic E-state index is 0.0484. The fourth-order valence-corrected chi connectivity index (χ4v) is 3.33. The number of rotatable bonds is 7. The number of benzene rings is 1. The van der Waals surface area contributed by atoms with Crippen LogP contribution < -0.4 is 10.1 Å². The third-order valence-corrected chi connectivity index (χ3v) is 5.04. The van der Waals surface area contributed by atoms with Gasteiger partial charge in [0.2, 0.25) is 11.8 Å². The predicted octanol–water partition coefficient (Wildman–Crippen LogP) is 1.96. The molecule has 0 radical (unpaired) electrons. The molecule has 1 aliphatic heterocycles. The number of piperidine rings is 1. The van der Waals surface area contributed by atoms with E-state index in [4.69, 9.17) is 9.47 Å². The number of carbonyl (C=O) groups is 2. The highest BCUT2D eigenvalue weighted by molar-refractivity contribution is 5.82. The van der Waals surface area contributed by atoms with E-state index in [2.05, 4.69) is 20.6 Å². The zero-order valence-electron chi connectivity index (χ0n) is 17.5. The number of aromatic nitrogens is 4. The first-order chi connectivity index (χ1) is 15.7. The van der Waals surface area contributed by atoms with Crippen LogP contribution in [0.1, 0.15) is 18.4 Å². The molecule has 0 aliphatic carbocycles. The second-order valence-electron chi connectivity index (χ2n) is 7.29. The zero-order chi connectivity index (χ0) is 22.2. The topological polar surface area (TPSA) is 111 Å². The normalized spacial score (nSPS) is 14.1. The van der Waals surface area contributed by atoms with Gasteiger partial charge in [-0.15, -0.1) is 10.2 Å². The molecule has 4 rings (SSSR count). The Hall–Kier alpha value is -3.95. The number of alkyl carbamates (subject to hydrolysis) is 1. The van der Waals surface area contributed by atoms with Gasteiger partial charge in [0.05, 0.1) is 0 Å². The molecule has 3 heterocycles. The lowest BCUT2D eigenvalue weighted by Gasteiger charge is -2.31. The number of hydrogen-bond donors (Lipinski definition) is 1.